The van der Waals surface area contributed by atoms with Crippen LogP contribution in [0.3, 0.4) is 0 Å². The molecule has 0 saturated heterocycles. The first-order chi connectivity index (χ1) is 11.6. The van der Waals surface area contributed by atoms with Gasteiger partial charge in [0.05, 0.1) is 11.1 Å². The summed E-state index contributed by atoms with van der Waals surface area (Å²) in [5.74, 6) is 2.50. The number of fused-ring (bicyclic) bond motifs is 2. The summed E-state index contributed by atoms with van der Waals surface area (Å²) in [5, 5.41) is 11.7. The molecule has 1 atom stereocenters. The van der Waals surface area contributed by atoms with Crippen LogP contribution in [0.4, 0.5) is 0 Å². The number of aryl methyl sites for hydroxylation is 1. The summed E-state index contributed by atoms with van der Waals surface area (Å²) >= 11 is 6.19. The summed E-state index contributed by atoms with van der Waals surface area (Å²) in [5.41, 5.74) is 0.428. The van der Waals surface area contributed by atoms with Gasteiger partial charge in [0, 0.05) is 18.5 Å². The summed E-state index contributed by atoms with van der Waals surface area (Å²) in [6.45, 7) is 3.69. The highest BCUT2D eigenvalue weighted by molar-refractivity contribution is 6.32. The summed E-state index contributed by atoms with van der Waals surface area (Å²) in [6.07, 6.45) is 2.00. The van der Waals surface area contributed by atoms with Gasteiger partial charge in [0.2, 0.25) is 0 Å². The summed E-state index contributed by atoms with van der Waals surface area (Å²) in [6, 6.07) is 2.99. The van der Waals surface area contributed by atoms with E-state index >= 15 is 0 Å². The van der Waals surface area contributed by atoms with Crippen LogP contribution in [0.2, 0.25) is 5.02 Å². The highest BCUT2D eigenvalue weighted by atomic mass is 35.5. The van der Waals surface area contributed by atoms with Crippen molar-refractivity contribution in [2.24, 2.45) is 0 Å². The molecule has 1 amide bonds. The largest absolute Gasteiger partial charge is 0.486 e. The van der Waals surface area contributed by atoms with E-state index in [1.807, 2.05) is 6.92 Å². The summed E-state index contributed by atoms with van der Waals surface area (Å²) < 4.78 is 13.1. The number of ether oxygens (including phenoxy) is 2. The number of hydrogen-bond acceptors (Lipinski definition) is 5. The highest BCUT2D eigenvalue weighted by Gasteiger charge is 2.24. The molecule has 0 saturated carbocycles. The average molecular weight is 349 g/mol. The molecular formula is C16H17ClN4O3. The van der Waals surface area contributed by atoms with Crippen LogP contribution in [0.15, 0.2) is 12.1 Å². The smallest absolute Gasteiger partial charge is 0.252 e. The van der Waals surface area contributed by atoms with Crippen LogP contribution in [0.5, 0.6) is 11.5 Å². The molecule has 2 aliphatic heterocycles. The first-order valence-electron chi connectivity index (χ1n) is 7.95. The molecule has 2 aliphatic rings. The van der Waals surface area contributed by atoms with Crippen molar-refractivity contribution < 1.29 is 14.3 Å². The highest BCUT2D eigenvalue weighted by Crippen LogP contribution is 2.38. The van der Waals surface area contributed by atoms with E-state index in [4.69, 9.17) is 21.1 Å². The van der Waals surface area contributed by atoms with E-state index in [-0.39, 0.29) is 11.9 Å². The molecule has 0 spiro atoms. The van der Waals surface area contributed by atoms with E-state index in [0.717, 1.165) is 31.0 Å². The van der Waals surface area contributed by atoms with Crippen molar-refractivity contribution >= 4 is 17.5 Å². The normalized spacial score (nSPS) is 16.6. The molecule has 1 aromatic heterocycles. The van der Waals surface area contributed by atoms with Crippen molar-refractivity contribution in [3.8, 4) is 11.5 Å². The number of amides is 1. The number of benzene rings is 1. The Bertz CT molecular complexity index is 805. The van der Waals surface area contributed by atoms with Gasteiger partial charge in [-0.15, -0.1) is 10.2 Å². The molecule has 2 aromatic rings. The third-order valence-electron chi connectivity index (χ3n) is 4.23. The molecule has 8 heteroatoms. The van der Waals surface area contributed by atoms with Crippen molar-refractivity contribution in [2.75, 3.05) is 13.2 Å². The summed E-state index contributed by atoms with van der Waals surface area (Å²) in [4.78, 5) is 12.6. The van der Waals surface area contributed by atoms with E-state index in [1.54, 1.807) is 12.1 Å². The molecule has 126 valence electrons. The Labute approximate surface area is 143 Å². The molecule has 1 aromatic carbocycles. The van der Waals surface area contributed by atoms with Crippen LogP contribution in [0.25, 0.3) is 0 Å². The molecule has 0 radical (unpaired) electrons. The van der Waals surface area contributed by atoms with Crippen LogP contribution in [0.1, 0.15) is 41.4 Å². The molecule has 7 nitrogen and oxygen atoms in total. The minimum absolute atomic E-state index is 0.239. The van der Waals surface area contributed by atoms with Gasteiger partial charge in [-0.25, -0.2) is 0 Å². The van der Waals surface area contributed by atoms with Gasteiger partial charge in [0.25, 0.3) is 5.91 Å². The van der Waals surface area contributed by atoms with Gasteiger partial charge >= 0.3 is 0 Å². The Kier molecular flexibility index (Phi) is 3.80. The standard InChI is InChI=1S/C16H17ClN4O3/c1-9(15-20-19-13-3-2-4-21(13)15)18-16(22)10-7-11(17)14-12(8-10)23-5-6-24-14/h7-9H,2-6H2,1H3,(H,18,22). The predicted octanol–water partition coefficient (Wildman–Crippen LogP) is 2.14. The zero-order valence-electron chi connectivity index (χ0n) is 13.2. The fourth-order valence-corrected chi connectivity index (χ4v) is 3.35. The number of halogens is 1. The van der Waals surface area contributed by atoms with Crippen molar-refractivity contribution in [2.45, 2.75) is 32.4 Å². The van der Waals surface area contributed by atoms with Gasteiger partial charge in [-0.1, -0.05) is 11.6 Å². The Morgan fingerprint density at radius 1 is 1.33 bits per heavy atom. The van der Waals surface area contributed by atoms with Gasteiger partial charge in [-0.05, 0) is 25.5 Å². The van der Waals surface area contributed by atoms with E-state index in [1.165, 1.54) is 0 Å². The maximum absolute atomic E-state index is 12.6. The van der Waals surface area contributed by atoms with Gasteiger partial charge in [-0.3, -0.25) is 4.79 Å². The lowest BCUT2D eigenvalue weighted by molar-refractivity contribution is 0.0936. The van der Waals surface area contributed by atoms with Crippen LogP contribution in [-0.4, -0.2) is 33.9 Å². The Morgan fingerprint density at radius 3 is 3.04 bits per heavy atom. The Hall–Kier alpha value is -2.28. The molecule has 1 unspecified atom stereocenters. The van der Waals surface area contributed by atoms with Crippen molar-refractivity contribution in [3.05, 3.63) is 34.4 Å². The van der Waals surface area contributed by atoms with Crippen LogP contribution in [0, 0.1) is 0 Å². The van der Waals surface area contributed by atoms with Gasteiger partial charge < -0.3 is 19.4 Å². The van der Waals surface area contributed by atoms with Crippen LogP contribution in [-0.2, 0) is 13.0 Å². The molecule has 0 bridgehead atoms. The minimum atomic E-state index is -0.246. The van der Waals surface area contributed by atoms with Gasteiger partial charge in [0.15, 0.2) is 17.3 Å². The van der Waals surface area contributed by atoms with Crippen LogP contribution >= 0.6 is 11.6 Å². The maximum Gasteiger partial charge on any atom is 0.252 e. The van der Waals surface area contributed by atoms with Crippen molar-refractivity contribution in [3.63, 3.8) is 0 Å². The fraction of sp³-hybridized carbons (Fsp3) is 0.438. The number of aromatic nitrogens is 3. The van der Waals surface area contributed by atoms with Crippen molar-refractivity contribution in [1.29, 1.82) is 0 Å². The lowest BCUT2D eigenvalue weighted by Crippen LogP contribution is -2.29. The molecule has 0 fully saturated rings. The topological polar surface area (TPSA) is 78.3 Å². The number of nitrogens with zero attached hydrogens (tertiary/aromatic N) is 3. The second kappa shape index (κ2) is 5.98. The van der Waals surface area contributed by atoms with E-state index in [0.29, 0.717) is 35.3 Å². The first-order valence-corrected chi connectivity index (χ1v) is 8.33. The van der Waals surface area contributed by atoms with Crippen molar-refractivity contribution in [1.82, 2.24) is 20.1 Å². The number of carbonyl (C=O) groups excluding carboxylic acids is 1. The summed E-state index contributed by atoms with van der Waals surface area (Å²) in [7, 11) is 0. The van der Waals surface area contributed by atoms with E-state index in [9.17, 15) is 4.79 Å². The van der Waals surface area contributed by atoms with Crippen LogP contribution < -0.4 is 14.8 Å². The second-order valence-corrected chi connectivity index (χ2v) is 6.31. The number of carbonyl (C=O) groups is 1. The molecule has 3 heterocycles. The van der Waals surface area contributed by atoms with Gasteiger partial charge in [0.1, 0.15) is 19.0 Å². The maximum atomic E-state index is 12.6. The quantitative estimate of drug-likeness (QED) is 0.919. The molecule has 0 aliphatic carbocycles. The first kappa shape index (κ1) is 15.3. The zero-order valence-corrected chi connectivity index (χ0v) is 14.0. The minimum Gasteiger partial charge on any atom is -0.486 e. The number of nitrogens with one attached hydrogen (secondary N) is 1. The Balaban J connectivity index is 1.54. The van der Waals surface area contributed by atoms with E-state index in [2.05, 4.69) is 20.1 Å². The van der Waals surface area contributed by atoms with E-state index < -0.39 is 0 Å². The fourth-order valence-electron chi connectivity index (χ4n) is 3.08. The second-order valence-electron chi connectivity index (χ2n) is 5.91. The predicted molar refractivity (Wildman–Crippen MR) is 86.7 cm³/mol. The molecule has 1 N–H and O–H groups in total. The molecule has 4 rings (SSSR count). The average Bonchev–Trinajstić information content (AvgIpc) is 3.17. The lowest BCUT2D eigenvalue weighted by atomic mass is 10.1. The number of hydrogen-bond donors (Lipinski definition) is 1. The monoisotopic (exact) mass is 348 g/mol. The molecule has 24 heavy (non-hydrogen) atoms. The third kappa shape index (κ3) is 2.58. The molecular weight excluding hydrogens is 332 g/mol. The zero-order chi connectivity index (χ0) is 16.7. The van der Waals surface area contributed by atoms with Gasteiger partial charge in [-0.2, -0.15) is 0 Å². The Morgan fingerprint density at radius 2 is 2.17 bits per heavy atom. The third-order valence-corrected chi connectivity index (χ3v) is 4.51. The number of rotatable bonds is 3. The SMILES string of the molecule is CC(NC(=O)c1cc(Cl)c2c(c1)OCCO2)c1nnc2n1CCC2. The lowest BCUT2D eigenvalue weighted by Gasteiger charge is -2.20.